The van der Waals surface area contributed by atoms with Gasteiger partial charge in [0.2, 0.25) is 10.0 Å². The highest BCUT2D eigenvalue weighted by Crippen LogP contribution is 2.19. The maximum Gasteiger partial charge on any atom is 0.326 e. The van der Waals surface area contributed by atoms with Crippen molar-refractivity contribution in [2.75, 3.05) is 26.9 Å². The van der Waals surface area contributed by atoms with Crippen LogP contribution < -0.4 is 5.73 Å². The lowest BCUT2D eigenvalue weighted by Crippen LogP contribution is -2.56. The molecule has 1 aliphatic heterocycles. The smallest absolute Gasteiger partial charge is 0.326 e. The van der Waals surface area contributed by atoms with E-state index in [1.165, 1.54) is 7.11 Å². The summed E-state index contributed by atoms with van der Waals surface area (Å²) in [6.45, 7) is 1.95. The Morgan fingerprint density at radius 3 is 2.74 bits per heavy atom. The zero-order valence-corrected chi connectivity index (χ0v) is 12.5. The van der Waals surface area contributed by atoms with Crippen LogP contribution in [0.3, 0.4) is 0 Å². The summed E-state index contributed by atoms with van der Waals surface area (Å²) in [6, 6.07) is -0.979. The summed E-state index contributed by atoms with van der Waals surface area (Å²) in [7, 11) is -2.59. The predicted octanol–water partition coefficient (Wildman–Crippen LogP) is -0.745. The molecule has 0 aromatic carbocycles. The molecule has 1 rings (SSSR count). The standard InChI is InChI=1S/C10H18N2O5S2/c1-3-8(9(11)18)19(14,15)12-4-5-17-6-7(12)10(13)16-2/h7-8H,3-6H2,1-2H3,(H2,11,18). The van der Waals surface area contributed by atoms with Crippen molar-refractivity contribution in [1.82, 2.24) is 4.31 Å². The second kappa shape index (κ2) is 6.60. The van der Waals surface area contributed by atoms with Crippen LogP contribution in [-0.4, -0.2) is 61.8 Å². The molecule has 9 heteroatoms. The third kappa shape index (κ3) is 3.41. The molecule has 110 valence electrons. The van der Waals surface area contributed by atoms with Gasteiger partial charge in [-0.25, -0.2) is 8.42 Å². The van der Waals surface area contributed by atoms with E-state index < -0.39 is 27.3 Å². The third-order valence-corrected chi connectivity index (χ3v) is 5.76. The highest BCUT2D eigenvalue weighted by atomic mass is 32.2. The molecule has 0 radical (unpaired) electrons. The number of hydrogen-bond acceptors (Lipinski definition) is 6. The summed E-state index contributed by atoms with van der Waals surface area (Å²) in [4.78, 5) is 11.5. The van der Waals surface area contributed by atoms with Crippen LogP contribution in [0.5, 0.6) is 0 Å². The zero-order chi connectivity index (χ0) is 14.6. The van der Waals surface area contributed by atoms with Gasteiger partial charge in [-0.05, 0) is 6.42 Å². The molecule has 7 nitrogen and oxygen atoms in total. The first kappa shape index (κ1) is 16.3. The van der Waals surface area contributed by atoms with Crippen molar-refractivity contribution < 1.29 is 22.7 Å². The van der Waals surface area contributed by atoms with Gasteiger partial charge in [-0.1, -0.05) is 19.1 Å². The number of ether oxygens (including phenoxy) is 2. The normalized spacial score (nSPS) is 22.7. The molecule has 0 aromatic heterocycles. The molecule has 1 aliphatic rings. The first-order valence-electron chi connectivity index (χ1n) is 5.81. The summed E-state index contributed by atoms with van der Waals surface area (Å²) >= 11 is 4.79. The topological polar surface area (TPSA) is 98.9 Å². The van der Waals surface area contributed by atoms with E-state index in [1.54, 1.807) is 6.92 Å². The molecule has 19 heavy (non-hydrogen) atoms. The van der Waals surface area contributed by atoms with Crippen molar-refractivity contribution in [2.45, 2.75) is 24.6 Å². The fourth-order valence-corrected chi connectivity index (χ4v) is 4.34. The molecular formula is C10H18N2O5S2. The van der Waals surface area contributed by atoms with Crippen molar-refractivity contribution in [3.63, 3.8) is 0 Å². The fourth-order valence-electron chi connectivity index (χ4n) is 1.94. The Hall–Kier alpha value is -0.770. The number of methoxy groups -OCH3 is 1. The molecule has 1 fully saturated rings. The van der Waals surface area contributed by atoms with Gasteiger partial charge in [0.25, 0.3) is 0 Å². The van der Waals surface area contributed by atoms with Crippen molar-refractivity contribution in [3.8, 4) is 0 Å². The van der Waals surface area contributed by atoms with Gasteiger partial charge in [0.15, 0.2) is 0 Å². The van der Waals surface area contributed by atoms with E-state index in [-0.39, 0.29) is 31.2 Å². The van der Waals surface area contributed by atoms with E-state index in [1.807, 2.05) is 0 Å². The Bertz CT molecular complexity index is 451. The maximum absolute atomic E-state index is 12.5. The summed E-state index contributed by atoms with van der Waals surface area (Å²) < 4.78 is 35.8. The second-order valence-corrected chi connectivity index (χ2v) is 6.61. The zero-order valence-electron chi connectivity index (χ0n) is 10.9. The van der Waals surface area contributed by atoms with Gasteiger partial charge in [-0.3, -0.25) is 4.79 Å². The average molecular weight is 310 g/mol. The Kier molecular flexibility index (Phi) is 5.65. The van der Waals surface area contributed by atoms with Crippen LogP contribution in [0.2, 0.25) is 0 Å². The van der Waals surface area contributed by atoms with E-state index in [0.717, 1.165) is 4.31 Å². The van der Waals surface area contributed by atoms with Crippen LogP contribution in [0.15, 0.2) is 0 Å². The molecule has 0 spiro atoms. The number of rotatable bonds is 5. The Morgan fingerprint density at radius 2 is 2.26 bits per heavy atom. The van der Waals surface area contributed by atoms with Crippen molar-refractivity contribution in [2.24, 2.45) is 5.73 Å². The fraction of sp³-hybridized carbons (Fsp3) is 0.800. The minimum atomic E-state index is -3.79. The van der Waals surface area contributed by atoms with Gasteiger partial charge in [0, 0.05) is 6.54 Å². The van der Waals surface area contributed by atoms with Gasteiger partial charge >= 0.3 is 5.97 Å². The van der Waals surface area contributed by atoms with Crippen molar-refractivity contribution in [1.29, 1.82) is 0 Å². The minimum absolute atomic E-state index is 0.0281. The van der Waals surface area contributed by atoms with Crippen LogP contribution in [0, 0.1) is 0 Å². The molecule has 0 bridgehead atoms. The third-order valence-electron chi connectivity index (χ3n) is 2.93. The molecule has 2 atom stereocenters. The van der Waals surface area contributed by atoms with Gasteiger partial charge in [-0.2, -0.15) is 4.31 Å². The van der Waals surface area contributed by atoms with Crippen LogP contribution in [0.4, 0.5) is 0 Å². The molecule has 0 aliphatic carbocycles. The number of carbonyl (C=O) groups excluding carboxylic acids is 1. The SMILES string of the molecule is CCC(C(N)=S)S(=O)(=O)N1CCOCC1C(=O)OC. The van der Waals surface area contributed by atoms with Crippen LogP contribution >= 0.6 is 12.2 Å². The summed E-state index contributed by atoms with van der Waals surface area (Å²) in [5.41, 5.74) is 5.47. The van der Waals surface area contributed by atoms with E-state index in [0.29, 0.717) is 0 Å². The van der Waals surface area contributed by atoms with E-state index >= 15 is 0 Å². The first-order valence-corrected chi connectivity index (χ1v) is 7.73. The molecule has 2 N–H and O–H groups in total. The number of nitrogens with two attached hydrogens (primary N) is 1. The number of hydrogen-bond donors (Lipinski definition) is 1. The molecule has 1 heterocycles. The number of sulfonamides is 1. The van der Waals surface area contributed by atoms with Crippen LogP contribution in [0.25, 0.3) is 0 Å². The summed E-state index contributed by atoms with van der Waals surface area (Å²) in [5, 5.41) is -0.979. The number of carbonyl (C=O) groups is 1. The summed E-state index contributed by atoms with van der Waals surface area (Å²) in [5.74, 6) is -0.652. The average Bonchev–Trinajstić information content (AvgIpc) is 2.37. The van der Waals surface area contributed by atoms with E-state index in [9.17, 15) is 13.2 Å². The lowest BCUT2D eigenvalue weighted by molar-refractivity contribution is -0.149. The minimum Gasteiger partial charge on any atom is -0.468 e. The van der Waals surface area contributed by atoms with E-state index in [4.69, 9.17) is 22.7 Å². The molecule has 0 aromatic rings. The van der Waals surface area contributed by atoms with Crippen LogP contribution in [-0.2, 0) is 24.3 Å². The molecular weight excluding hydrogens is 292 g/mol. The number of esters is 1. The van der Waals surface area contributed by atoms with Gasteiger partial charge in [0.1, 0.15) is 11.3 Å². The number of nitrogens with zero attached hydrogens (tertiary/aromatic N) is 1. The lowest BCUT2D eigenvalue weighted by atomic mass is 10.3. The number of thiocarbonyl (C=S) groups is 1. The van der Waals surface area contributed by atoms with E-state index in [2.05, 4.69) is 4.74 Å². The molecule has 0 amide bonds. The molecule has 0 saturated carbocycles. The Morgan fingerprint density at radius 1 is 1.63 bits per heavy atom. The Labute approximate surface area is 118 Å². The van der Waals surface area contributed by atoms with Crippen LogP contribution in [0.1, 0.15) is 13.3 Å². The Balaban J connectivity index is 3.08. The predicted molar refractivity (Wildman–Crippen MR) is 73.1 cm³/mol. The number of morpholine rings is 1. The van der Waals surface area contributed by atoms with Gasteiger partial charge in [-0.15, -0.1) is 0 Å². The van der Waals surface area contributed by atoms with Crippen molar-refractivity contribution >= 4 is 33.2 Å². The monoisotopic (exact) mass is 310 g/mol. The largest absolute Gasteiger partial charge is 0.468 e. The second-order valence-electron chi connectivity index (χ2n) is 4.07. The van der Waals surface area contributed by atoms with Crippen molar-refractivity contribution in [3.05, 3.63) is 0 Å². The first-order chi connectivity index (χ1) is 8.86. The highest BCUT2D eigenvalue weighted by molar-refractivity contribution is 7.92. The molecule has 1 saturated heterocycles. The van der Waals surface area contributed by atoms with Gasteiger partial charge in [0.05, 0.1) is 25.3 Å². The van der Waals surface area contributed by atoms with Gasteiger partial charge < -0.3 is 15.2 Å². The maximum atomic E-state index is 12.5. The lowest BCUT2D eigenvalue weighted by Gasteiger charge is -2.34. The summed E-state index contributed by atoms with van der Waals surface area (Å²) in [6.07, 6.45) is 0.253. The highest BCUT2D eigenvalue weighted by Gasteiger charge is 2.42. The quantitative estimate of drug-likeness (QED) is 0.527. The molecule has 2 unspecified atom stereocenters.